The molecule has 1 aromatic rings. The molecular weight excluding hydrogens is 316 g/mol. The van der Waals surface area contributed by atoms with Crippen LogP contribution in [0.1, 0.15) is 33.3 Å². The predicted octanol–water partition coefficient (Wildman–Crippen LogP) is 3.05. The zero-order valence-electron chi connectivity index (χ0n) is 13.8. The van der Waals surface area contributed by atoms with E-state index < -0.39 is 5.60 Å². The van der Waals surface area contributed by atoms with Gasteiger partial charge in [0.25, 0.3) is 0 Å². The van der Waals surface area contributed by atoms with Gasteiger partial charge in [0.2, 0.25) is 0 Å². The predicted molar refractivity (Wildman–Crippen MR) is 88.6 cm³/mol. The number of pyridine rings is 1. The van der Waals surface area contributed by atoms with E-state index in [9.17, 15) is 4.79 Å². The normalized spacial score (nSPS) is 18.5. The van der Waals surface area contributed by atoms with Crippen molar-refractivity contribution in [1.82, 2.24) is 9.88 Å². The molecule has 0 spiro atoms. The number of nitriles is 1. The molecule has 0 unspecified atom stereocenters. The number of anilines is 1. The highest BCUT2D eigenvalue weighted by Gasteiger charge is 2.31. The second-order valence-electron chi connectivity index (χ2n) is 6.61. The number of amides is 1. The van der Waals surface area contributed by atoms with Crippen LogP contribution < -0.4 is 4.90 Å². The summed E-state index contributed by atoms with van der Waals surface area (Å²) in [7, 11) is 0. The van der Waals surface area contributed by atoms with Gasteiger partial charge in [-0.25, -0.2) is 9.78 Å². The van der Waals surface area contributed by atoms with Gasteiger partial charge in [-0.3, -0.25) is 0 Å². The zero-order valence-corrected chi connectivity index (χ0v) is 14.6. The summed E-state index contributed by atoms with van der Waals surface area (Å²) < 4.78 is 5.43. The Kier molecular flexibility index (Phi) is 5.00. The minimum Gasteiger partial charge on any atom is -0.444 e. The molecule has 7 heteroatoms. The molecule has 2 heterocycles. The van der Waals surface area contributed by atoms with E-state index in [4.69, 9.17) is 21.6 Å². The first-order valence-electron chi connectivity index (χ1n) is 7.51. The molecule has 124 valence electrons. The van der Waals surface area contributed by atoms with Gasteiger partial charge in [0.1, 0.15) is 17.5 Å². The molecule has 6 nitrogen and oxygen atoms in total. The highest BCUT2D eigenvalue weighted by atomic mass is 35.5. The maximum atomic E-state index is 12.2. The molecule has 0 aliphatic carbocycles. The van der Waals surface area contributed by atoms with Crippen molar-refractivity contribution in [2.24, 2.45) is 0 Å². The van der Waals surface area contributed by atoms with Crippen molar-refractivity contribution in [3.63, 3.8) is 0 Å². The Morgan fingerprint density at radius 3 is 2.70 bits per heavy atom. The van der Waals surface area contributed by atoms with Crippen LogP contribution in [0.3, 0.4) is 0 Å². The summed E-state index contributed by atoms with van der Waals surface area (Å²) in [5.41, 5.74) is -0.0782. The first kappa shape index (κ1) is 17.4. The van der Waals surface area contributed by atoms with Gasteiger partial charge in [0.05, 0.1) is 10.6 Å². The highest BCUT2D eigenvalue weighted by Crippen LogP contribution is 2.26. The van der Waals surface area contributed by atoms with Crippen LogP contribution in [0.5, 0.6) is 0 Å². The van der Waals surface area contributed by atoms with E-state index in [0.29, 0.717) is 36.0 Å². The van der Waals surface area contributed by atoms with Crippen LogP contribution in [0, 0.1) is 11.3 Å². The fourth-order valence-electron chi connectivity index (χ4n) is 2.47. The molecule has 0 saturated carbocycles. The maximum absolute atomic E-state index is 12.2. The van der Waals surface area contributed by atoms with Gasteiger partial charge in [-0.15, -0.1) is 0 Å². The van der Waals surface area contributed by atoms with Crippen LogP contribution in [-0.2, 0) is 4.74 Å². The summed E-state index contributed by atoms with van der Waals surface area (Å²) in [6.07, 6.45) is 1.20. The summed E-state index contributed by atoms with van der Waals surface area (Å²) in [6.45, 7) is 9.28. The van der Waals surface area contributed by atoms with Gasteiger partial charge in [-0.1, -0.05) is 11.6 Å². The lowest BCUT2D eigenvalue weighted by atomic mass is 10.2. The molecule has 2 rings (SSSR count). The van der Waals surface area contributed by atoms with Crippen molar-refractivity contribution < 1.29 is 9.53 Å². The number of ether oxygens (including phenoxy) is 1. The topological polar surface area (TPSA) is 69.5 Å². The largest absolute Gasteiger partial charge is 0.444 e. The summed E-state index contributed by atoms with van der Waals surface area (Å²) in [6, 6.07) is 3.60. The minimum atomic E-state index is -0.508. The number of nitrogens with zero attached hydrogens (tertiary/aromatic N) is 4. The Balaban J connectivity index is 2.07. The molecule has 0 radical (unpaired) electrons. The smallest absolute Gasteiger partial charge is 0.410 e. The standard InChI is InChI=1S/C16H21ClN4O2/c1-11-10-20(14-13(17)7-12(8-18)9-19-14)5-6-21(11)15(22)23-16(2,3)4/h7,9,11H,5-6,10H2,1-4H3/t11-/m1/s1. The number of halogens is 1. The molecule has 23 heavy (non-hydrogen) atoms. The summed E-state index contributed by atoms with van der Waals surface area (Å²) in [4.78, 5) is 20.2. The Morgan fingerprint density at radius 1 is 1.48 bits per heavy atom. The molecule has 1 aromatic heterocycles. The minimum absolute atomic E-state index is 0.0212. The number of piperazine rings is 1. The first-order valence-corrected chi connectivity index (χ1v) is 7.89. The van der Waals surface area contributed by atoms with E-state index in [2.05, 4.69) is 4.98 Å². The van der Waals surface area contributed by atoms with Crippen molar-refractivity contribution in [2.75, 3.05) is 24.5 Å². The summed E-state index contributed by atoms with van der Waals surface area (Å²) >= 11 is 6.21. The van der Waals surface area contributed by atoms with Crippen LogP contribution in [0.15, 0.2) is 12.3 Å². The lowest BCUT2D eigenvalue weighted by Crippen LogP contribution is -2.55. The Labute approximate surface area is 141 Å². The average Bonchev–Trinajstić information content (AvgIpc) is 2.44. The lowest BCUT2D eigenvalue weighted by Gasteiger charge is -2.40. The van der Waals surface area contributed by atoms with Crippen molar-refractivity contribution in [3.05, 3.63) is 22.8 Å². The van der Waals surface area contributed by atoms with Crippen LogP contribution in [-0.4, -0.2) is 47.3 Å². The fourth-order valence-corrected chi connectivity index (χ4v) is 2.75. The molecular formula is C16H21ClN4O2. The van der Waals surface area contributed by atoms with Gasteiger partial charge >= 0.3 is 6.09 Å². The zero-order chi connectivity index (χ0) is 17.2. The van der Waals surface area contributed by atoms with Crippen molar-refractivity contribution >= 4 is 23.5 Å². The van der Waals surface area contributed by atoms with E-state index >= 15 is 0 Å². The third kappa shape index (κ3) is 4.26. The van der Waals surface area contributed by atoms with E-state index in [1.807, 2.05) is 38.7 Å². The molecule has 1 fully saturated rings. The van der Waals surface area contributed by atoms with Gasteiger partial charge in [-0.2, -0.15) is 5.26 Å². The van der Waals surface area contributed by atoms with Crippen molar-refractivity contribution in [1.29, 1.82) is 5.26 Å². The molecule has 0 aromatic carbocycles. The fraction of sp³-hybridized carbons (Fsp3) is 0.562. The van der Waals surface area contributed by atoms with Crippen molar-refractivity contribution in [3.8, 4) is 6.07 Å². The van der Waals surface area contributed by atoms with Crippen LogP contribution >= 0.6 is 11.6 Å². The number of hydrogen-bond donors (Lipinski definition) is 0. The summed E-state index contributed by atoms with van der Waals surface area (Å²) in [5.74, 6) is 0.640. The number of carbonyl (C=O) groups excluding carboxylic acids is 1. The molecule has 1 aliphatic heterocycles. The molecule has 1 aliphatic rings. The van der Waals surface area contributed by atoms with E-state index in [-0.39, 0.29) is 12.1 Å². The average molecular weight is 337 g/mol. The number of hydrogen-bond acceptors (Lipinski definition) is 5. The molecule has 0 N–H and O–H groups in total. The molecule has 0 bridgehead atoms. The SMILES string of the molecule is C[C@@H]1CN(c2ncc(C#N)cc2Cl)CCN1C(=O)OC(C)(C)C. The van der Waals surface area contributed by atoms with Gasteiger partial charge in [0, 0.05) is 31.9 Å². The Morgan fingerprint density at radius 2 is 2.17 bits per heavy atom. The quantitative estimate of drug-likeness (QED) is 0.788. The van der Waals surface area contributed by atoms with Crippen LogP contribution in [0.25, 0.3) is 0 Å². The molecule has 1 saturated heterocycles. The van der Waals surface area contributed by atoms with Crippen LogP contribution in [0.4, 0.5) is 10.6 Å². The number of aromatic nitrogens is 1. The van der Waals surface area contributed by atoms with Gasteiger partial charge in [-0.05, 0) is 33.8 Å². The summed E-state index contributed by atoms with van der Waals surface area (Å²) in [5, 5.41) is 9.32. The van der Waals surface area contributed by atoms with Gasteiger partial charge < -0.3 is 14.5 Å². The van der Waals surface area contributed by atoms with E-state index in [1.54, 1.807) is 11.0 Å². The Bertz CT molecular complexity index is 636. The lowest BCUT2D eigenvalue weighted by molar-refractivity contribution is 0.0158. The second-order valence-corrected chi connectivity index (χ2v) is 7.02. The van der Waals surface area contributed by atoms with E-state index in [1.165, 1.54) is 6.20 Å². The maximum Gasteiger partial charge on any atom is 0.410 e. The van der Waals surface area contributed by atoms with Gasteiger partial charge in [0.15, 0.2) is 0 Å². The number of carbonyl (C=O) groups is 1. The monoisotopic (exact) mass is 336 g/mol. The number of rotatable bonds is 1. The second kappa shape index (κ2) is 6.63. The van der Waals surface area contributed by atoms with Crippen LogP contribution in [0.2, 0.25) is 5.02 Å². The van der Waals surface area contributed by atoms with E-state index in [0.717, 1.165) is 0 Å². The van der Waals surface area contributed by atoms with Crippen molar-refractivity contribution in [2.45, 2.75) is 39.3 Å². The first-order chi connectivity index (χ1) is 10.7. The molecule has 1 atom stereocenters. The highest BCUT2D eigenvalue weighted by molar-refractivity contribution is 6.33. The molecule has 1 amide bonds. The third-order valence-electron chi connectivity index (χ3n) is 3.51. The third-order valence-corrected chi connectivity index (χ3v) is 3.78. The Hall–Kier alpha value is -2.00.